The molecule has 1 aliphatic rings. The van der Waals surface area contributed by atoms with Gasteiger partial charge in [-0.05, 0) is 43.7 Å². The van der Waals surface area contributed by atoms with Crippen LogP contribution in [0.2, 0.25) is 5.02 Å². The average molecular weight is 532 g/mol. The summed E-state index contributed by atoms with van der Waals surface area (Å²) in [6.07, 6.45) is 10.1. The SMILES string of the molecule is C=O.CC(=O)N(C)C1CCC[C@H](C)CC1.CNc1ccc(C)cn1.Nc1c(C=O)oc2cc(Cl)cnc12. The van der Waals surface area contributed by atoms with Crippen molar-refractivity contribution in [3.05, 3.63) is 46.9 Å². The second-order valence-corrected chi connectivity index (χ2v) is 9.30. The molecule has 37 heavy (non-hydrogen) atoms. The first-order chi connectivity index (χ1) is 17.7. The van der Waals surface area contributed by atoms with Gasteiger partial charge in [-0.3, -0.25) is 9.59 Å². The van der Waals surface area contributed by atoms with Crippen LogP contribution in [0.5, 0.6) is 0 Å². The molecule has 10 heteroatoms. The Kier molecular flexibility index (Phi) is 13.9. The van der Waals surface area contributed by atoms with Gasteiger partial charge in [0.25, 0.3) is 0 Å². The van der Waals surface area contributed by atoms with Gasteiger partial charge in [-0.15, -0.1) is 0 Å². The molecule has 3 heterocycles. The van der Waals surface area contributed by atoms with Crippen molar-refractivity contribution in [3.63, 3.8) is 0 Å². The highest BCUT2D eigenvalue weighted by molar-refractivity contribution is 6.31. The normalized spacial score (nSPS) is 16.4. The minimum atomic E-state index is 0.0877. The molecule has 3 N–H and O–H groups in total. The van der Waals surface area contributed by atoms with Crippen LogP contribution >= 0.6 is 11.6 Å². The van der Waals surface area contributed by atoms with Gasteiger partial charge < -0.3 is 25.2 Å². The monoisotopic (exact) mass is 531 g/mol. The number of nitrogens with zero attached hydrogens (tertiary/aromatic N) is 3. The van der Waals surface area contributed by atoms with Crippen LogP contribution in [0, 0.1) is 12.8 Å². The Morgan fingerprint density at radius 2 is 1.92 bits per heavy atom. The molecule has 1 unspecified atom stereocenters. The van der Waals surface area contributed by atoms with Gasteiger partial charge in [0.2, 0.25) is 5.91 Å². The molecule has 1 amide bonds. The van der Waals surface area contributed by atoms with Crippen molar-refractivity contribution in [1.29, 1.82) is 0 Å². The standard InChI is InChI=1S/C11H21NO.C8H5ClN2O2.C7H10N2.CH2O/c1-9-5-4-6-11(8-7-9)12(3)10(2)13;9-4-1-5-8(11-2-4)7(10)6(3-12)13-5;1-6-3-4-7(8-2)9-5-6;1-2/h9,11H,4-8H2,1-3H3;1-3H,10H2;3-5H,1-2H3,(H,8,9);1H2/t9-,11?;;;/m0.../s1. The van der Waals surface area contributed by atoms with Crippen molar-refractivity contribution in [2.45, 2.75) is 58.9 Å². The maximum atomic E-state index is 11.2. The van der Waals surface area contributed by atoms with E-state index in [1.54, 1.807) is 13.0 Å². The number of fused-ring (bicyclic) bond motifs is 1. The molecule has 0 aromatic carbocycles. The lowest BCUT2D eigenvalue weighted by Gasteiger charge is -2.25. The fourth-order valence-electron chi connectivity index (χ4n) is 3.81. The predicted molar refractivity (Wildman–Crippen MR) is 149 cm³/mol. The molecule has 1 fully saturated rings. The van der Waals surface area contributed by atoms with Crippen LogP contribution in [-0.4, -0.2) is 54.0 Å². The molecule has 0 spiro atoms. The lowest BCUT2D eigenvalue weighted by atomic mass is 10.0. The van der Waals surface area contributed by atoms with E-state index < -0.39 is 0 Å². The highest BCUT2D eigenvalue weighted by atomic mass is 35.5. The number of furan rings is 1. The van der Waals surface area contributed by atoms with Crippen LogP contribution in [0.1, 0.15) is 62.1 Å². The van der Waals surface area contributed by atoms with Gasteiger partial charge >= 0.3 is 0 Å². The van der Waals surface area contributed by atoms with E-state index in [1.165, 1.54) is 43.9 Å². The van der Waals surface area contributed by atoms with Crippen LogP contribution < -0.4 is 11.1 Å². The maximum absolute atomic E-state index is 11.2. The maximum Gasteiger partial charge on any atom is 0.219 e. The Labute approximate surface area is 223 Å². The Morgan fingerprint density at radius 1 is 1.22 bits per heavy atom. The zero-order valence-corrected chi connectivity index (χ0v) is 23.0. The number of aldehydes is 1. The van der Waals surface area contributed by atoms with E-state index in [4.69, 9.17) is 26.5 Å². The number of pyridine rings is 2. The molecule has 1 aliphatic carbocycles. The number of carbonyl (C=O) groups is 3. The zero-order valence-electron chi connectivity index (χ0n) is 22.3. The smallest absolute Gasteiger partial charge is 0.219 e. The molecule has 4 rings (SSSR count). The van der Waals surface area contributed by atoms with Gasteiger partial charge in [-0.25, -0.2) is 9.97 Å². The van der Waals surface area contributed by atoms with E-state index in [-0.39, 0.29) is 17.4 Å². The highest BCUT2D eigenvalue weighted by Gasteiger charge is 2.20. The summed E-state index contributed by atoms with van der Waals surface area (Å²) in [4.78, 5) is 39.5. The minimum absolute atomic E-state index is 0.0877. The van der Waals surface area contributed by atoms with Gasteiger partial charge in [0.05, 0.1) is 5.02 Å². The topological polar surface area (TPSA) is 131 Å². The molecule has 202 valence electrons. The average Bonchev–Trinajstić information content (AvgIpc) is 3.06. The fourth-order valence-corrected chi connectivity index (χ4v) is 3.95. The van der Waals surface area contributed by atoms with Crippen LogP contribution in [0.3, 0.4) is 0 Å². The molecule has 0 bridgehead atoms. The summed E-state index contributed by atoms with van der Waals surface area (Å²) in [6, 6.07) is 6.05. The number of halogens is 1. The van der Waals surface area contributed by atoms with E-state index in [2.05, 4.69) is 22.2 Å². The Hall–Kier alpha value is -3.46. The molecule has 3 aromatic heterocycles. The van der Waals surface area contributed by atoms with Crippen LogP contribution in [0.25, 0.3) is 11.1 Å². The van der Waals surface area contributed by atoms with E-state index in [0.717, 1.165) is 11.7 Å². The first-order valence-electron chi connectivity index (χ1n) is 12.1. The number of aromatic nitrogens is 2. The van der Waals surface area contributed by atoms with Crippen molar-refractivity contribution in [1.82, 2.24) is 14.9 Å². The predicted octanol–water partition coefficient (Wildman–Crippen LogP) is 5.56. The number of nitrogen functional groups attached to an aromatic ring is 1. The molecule has 2 atom stereocenters. The van der Waals surface area contributed by atoms with Gasteiger partial charge in [-0.2, -0.15) is 0 Å². The number of anilines is 2. The molecule has 0 saturated heterocycles. The quantitative estimate of drug-likeness (QED) is 0.332. The summed E-state index contributed by atoms with van der Waals surface area (Å²) in [5, 5.41) is 3.39. The van der Waals surface area contributed by atoms with Crippen molar-refractivity contribution in [2.75, 3.05) is 25.1 Å². The molecule has 1 saturated carbocycles. The van der Waals surface area contributed by atoms with Gasteiger partial charge in [0.1, 0.15) is 23.8 Å². The van der Waals surface area contributed by atoms with Crippen LogP contribution in [0.4, 0.5) is 11.5 Å². The van der Waals surface area contributed by atoms with Crippen LogP contribution in [-0.2, 0) is 9.59 Å². The molecule has 3 aromatic rings. The highest BCUT2D eigenvalue weighted by Crippen LogP contribution is 2.27. The summed E-state index contributed by atoms with van der Waals surface area (Å²) in [7, 11) is 3.79. The van der Waals surface area contributed by atoms with Gasteiger partial charge in [0.15, 0.2) is 17.6 Å². The van der Waals surface area contributed by atoms with Crippen molar-refractivity contribution in [3.8, 4) is 0 Å². The second kappa shape index (κ2) is 16.3. The van der Waals surface area contributed by atoms with Crippen molar-refractivity contribution in [2.24, 2.45) is 5.92 Å². The second-order valence-electron chi connectivity index (χ2n) is 8.87. The summed E-state index contributed by atoms with van der Waals surface area (Å²) >= 11 is 5.67. The third kappa shape index (κ3) is 10.2. The number of rotatable bonds is 3. The third-order valence-electron chi connectivity index (χ3n) is 6.11. The van der Waals surface area contributed by atoms with Gasteiger partial charge in [0, 0.05) is 45.5 Å². The number of aryl methyl sites for hydroxylation is 1. The van der Waals surface area contributed by atoms with E-state index >= 15 is 0 Å². The van der Waals surface area contributed by atoms with E-state index in [0.29, 0.717) is 28.5 Å². The lowest BCUT2D eigenvalue weighted by molar-refractivity contribution is -0.129. The van der Waals surface area contributed by atoms with E-state index in [9.17, 15) is 9.59 Å². The Bertz CT molecular complexity index is 1120. The first kappa shape index (κ1) is 31.6. The number of carbonyl (C=O) groups excluding carboxylic acids is 3. The van der Waals surface area contributed by atoms with E-state index in [1.807, 2.05) is 51.0 Å². The molecule has 0 radical (unpaired) electrons. The Balaban J connectivity index is 0.000000273. The third-order valence-corrected chi connectivity index (χ3v) is 6.31. The number of amides is 1. The molecular formula is C27H38ClN5O4. The fraction of sp³-hybridized carbons (Fsp3) is 0.444. The number of nitrogens with two attached hydrogens (primary N) is 1. The Morgan fingerprint density at radius 3 is 2.49 bits per heavy atom. The summed E-state index contributed by atoms with van der Waals surface area (Å²) in [5.41, 5.74) is 7.90. The molecule has 0 aliphatic heterocycles. The molecule has 9 nitrogen and oxygen atoms in total. The molecular weight excluding hydrogens is 494 g/mol. The summed E-state index contributed by atoms with van der Waals surface area (Å²) < 4.78 is 5.09. The van der Waals surface area contributed by atoms with Crippen molar-refractivity contribution < 1.29 is 18.8 Å². The lowest BCUT2D eigenvalue weighted by Crippen LogP contribution is -2.34. The number of hydrogen-bond acceptors (Lipinski definition) is 8. The van der Waals surface area contributed by atoms with Gasteiger partial charge in [-0.1, -0.05) is 37.4 Å². The minimum Gasteiger partial charge on any atom is -0.449 e. The largest absolute Gasteiger partial charge is 0.449 e. The van der Waals surface area contributed by atoms with Crippen LogP contribution in [0.15, 0.2) is 35.0 Å². The summed E-state index contributed by atoms with van der Waals surface area (Å²) in [5.74, 6) is 2.07. The first-order valence-corrected chi connectivity index (χ1v) is 12.4. The zero-order chi connectivity index (χ0) is 28.0. The number of nitrogens with one attached hydrogen (secondary N) is 1. The summed E-state index contributed by atoms with van der Waals surface area (Å²) in [6.45, 7) is 8.00. The number of hydrogen-bond donors (Lipinski definition) is 2. The van der Waals surface area contributed by atoms with Crippen molar-refractivity contribution >= 4 is 53.2 Å².